The third-order valence-electron chi connectivity index (χ3n) is 6.09. The fraction of sp³-hybridized carbons (Fsp3) is 0.667. The molecule has 1 aromatic rings. The highest BCUT2D eigenvalue weighted by Crippen LogP contribution is 2.27. The Hall–Kier alpha value is -1.55. The van der Waals surface area contributed by atoms with Gasteiger partial charge in [-0.25, -0.2) is 4.21 Å². The van der Waals surface area contributed by atoms with Crippen LogP contribution in [0.25, 0.3) is 0 Å². The zero-order valence-corrected chi connectivity index (χ0v) is 21.7. The summed E-state index contributed by atoms with van der Waals surface area (Å²) < 4.78 is 26.6. The molecule has 9 heteroatoms. The first-order valence-corrected chi connectivity index (χ1v) is 13.5. The number of carbonyl (C=O) groups excluding carboxylic acids is 1. The Labute approximate surface area is 206 Å². The summed E-state index contributed by atoms with van der Waals surface area (Å²) in [6, 6.07) is 5.68. The first-order valence-electron chi connectivity index (χ1n) is 12.0. The summed E-state index contributed by atoms with van der Waals surface area (Å²) in [7, 11) is 1.57. The lowest BCUT2D eigenvalue weighted by atomic mass is 9.94. The molecule has 2 atom stereocenters. The predicted octanol–water partition coefficient (Wildman–Crippen LogP) is 4.66. The molecule has 186 valence electrons. The van der Waals surface area contributed by atoms with Gasteiger partial charge in [0.15, 0.2) is 0 Å². The summed E-state index contributed by atoms with van der Waals surface area (Å²) in [5.41, 5.74) is 1.45. The minimum atomic E-state index is -2.24. The Morgan fingerprint density at radius 1 is 1.27 bits per heavy atom. The highest BCUT2D eigenvalue weighted by Gasteiger charge is 2.27. The number of rotatable bonds is 13. The van der Waals surface area contributed by atoms with Crippen LogP contribution in [0.3, 0.4) is 0 Å². The van der Waals surface area contributed by atoms with Gasteiger partial charge < -0.3 is 10.1 Å². The van der Waals surface area contributed by atoms with Crippen LogP contribution in [0.4, 0.5) is 0 Å². The van der Waals surface area contributed by atoms with Crippen molar-refractivity contribution in [1.29, 1.82) is 0 Å². The maximum Gasteiger partial charge on any atom is 0.250 e. The van der Waals surface area contributed by atoms with E-state index in [1.54, 1.807) is 18.2 Å². The first-order chi connectivity index (χ1) is 15.8. The average molecular weight is 498 g/mol. The van der Waals surface area contributed by atoms with Crippen LogP contribution < -0.4 is 14.9 Å². The molecule has 7 nitrogen and oxygen atoms in total. The van der Waals surface area contributed by atoms with Crippen LogP contribution in [-0.2, 0) is 22.5 Å². The average Bonchev–Trinajstić information content (AvgIpc) is 2.80. The maximum atomic E-state index is 12.6. The van der Waals surface area contributed by atoms with Gasteiger partial charge in [0.25, 0.3) is 11.3 Å². The second-order valence-corrected chi connectivity index (χ2v) is 9.90. The quantitative estimate of drug-likeness (QED) is 0.159. The van der Waals surface area contributed by atoms with Crippen molar-refractivity contribution in [3.63, 3.8) is 0 Å². The number of methoxy groups -OCH3 is 1. The van der Waals surface area contributed by atoms with Gasteiger partial charge in [-0.05, 0) is 43.9 Å². The topological polar surface area (TPSA) is 90.9 Å². The molecule has 0 bridgehead atoms. The van der Waals surface area contributed by atoms with Gasteiger partial charge in [0.05, 0.1) is 19.1 Å². The van der Waals surface area contributed by atoms with Crippen LogP contribution in [0, 0.1) is 0 Å². The van der Waals surface area contributed by atoms with E-state index in [1.165, 1.54) is 19.3 Å². The summed E-state index contributed by atoms with van der Waals surface area (Å²) >= 11 is 3.50. The SMILES string of the molecule is CCCCCCC(C)NC(=O)Cc1ccc(OC)c(C(=S)N(NS(=O)O)C2CCCCC2)c1. The van der Waals surface area contributed by atoms with Crippen LogP contribution >= 0.6 is 12.2 Å². The minimum absolute atomic E-state index is 0.0289. The lowest BCUT2D eigenvalue weighted by Gasteiger charge is -2.35. The maximum absolute atomic E-state index is 12.6. The Balaban J connectivity index is 2.11. The van der Waals surface area contributed by atoms with Gasteiger partial charge in [-0.15, -0.1) is 4.83 Å². The zero-order chi connectivity index (χ0) is 24.2. The van der Waals surface area contributed by atoms with E-state index in [0.717, 1.165) is 50.5 Å². The number of benzene rings is 1. The Bertz CT molecular complexity index is 800. The second kappa shape index (κ2) is 14.7. The molecule has 0 radical (unpaired) electrons. The van der Waals surface area contributed by atoms with E-state index in [-0.39, 0.29) is 24.4 Å². The van der Waals surface area contributed by atoms with Gasteiger partial charge in [0.1, 0.15) is 10.7 Å². The monoisotopic (exact) mass is 497 g/mol. The molecule has 2 unspecified atom stereocenters. The van der Waals surface area contributed by atoms with Gasteiger partial charge >= 0.3 is 0 Å². The molecule has 33 heavy (non-hydrogen) atoms. The number of hydrazine groups is 1. The Kier molecular flexibility index (Phi) is 12.3. The van der Waals surface area contributed by atoms with Crippen LogP contribution in [0.1, 0.15) is 89.2 Å². The number of hydrogen-bond acceptors (Lipinski definition) is 4. The van der Waals surface area contributed by atoms with Crippen molar-refractivity contribution < 1.29 is 18.3 Å². The summed E-state index contributed by atoms with van der Waals surface area (Å²) in [4.78, 5) is 15.6. The van der Waals surface area contributed by atoms with Crippen molar-refractivity contribution in [3.8, 4) is 5.75 Å². The number of thiocarbonyl (C=S) groups is 1. The molecule has 0 heterocycles. The minimum Gasteiger partial charge on any atom is -0.496 e. The molecule has 3 N–H and O–H groups in total. The van der Waals surface area contributed by atoms with Gasteiger partial charge in [-0.1, -0.05) is 70.2 Å². The van der Waals surface area contributed by atoms with E-state index < -0.39 is 11.3 Å². The van der Waals surface area contributed by atoms with Crippen molar-refractivity contribution in [2.75, 3.05) is 7.11 Å². The van der Waals surface area contributed by atoms with E-state index >= 15 is 0 Å². The number of ether oxygens (including phenoxy) is 1. The Morgan fingerprint density at radius 3 is 2.64 bits per heavy atom. The smallest absolute Gasteiger partial charge is 0.250 e. The van der Waals surface area contributed by atoms with Crippen molar-refractivity contribution in [3.05, 3.63) is 29.3 Å². The van der Waals surface area contributed by atoms with E-state index in [1.807, 2.05) is 19.1 Å². The molecule has 1 aliphatic rings. The molecule has 1 amide bonds. The fourth-order valence-electron chi connectivity index (χ4n) is 4.33. The van der Waals surface area contributed by atoms with E-state index in [9.17, 15) is 13.6 Å². The van der Waals surface area contributed by atoms with Crippen LogP contribution in [0.15, 0.2) is 18.2 Å². The van der Waals surface area contributed by atoms with Gasteiger partial charge in [0.2, 0.25) is 5.91 Å². The highest BCUT2D eigenvalue weighted by atomic mass is 32.2. The number of nitrogens with one attached hydrogen (secondary N) is 2. The molecule has 1 saturated carbocycles. The predicted molar refractivity (Wildman–Crippen MR) is 137 cm³/mol. The van der Waals surface area contributed by atoms with Crippen LogP contribution in [0.5, 0.6) is 5.75 Å². The highest BCUT2D eigenvalue weighted by molar-refractivity contribution is 7.81. The van der Waals surface area contributed by atoms with Crippen molar-refractivity contribution in [1.82, 2.24) is 15.2 Å². The third kappa shape index (κ3) is 9.31. The number of unbranched alkanes of at least 4 members (excludes halogenated alkanes) is 3. The molecule has 1 aliphatic carbocycles. The van der Waals surface area contributed by atoms with E-state index in [4.69, 9.17) is 17.0 Å². The molecule has 0 spiro atoms. The van der Waals surface area contributed by atoms with Crippen molar-refractivity contribution in [2.24, 2.45) is 0 Å². The third-order valence-corrected chi connectivity index (χ3v) is 6.86. The van der Waals surface area contributed by atoms with Crippen LogP contribution in [-0.4, -0.2) is 43.9 Å². The number of hydrogen-bond donors (Lipinski definition) is 3. The van der Waals surface area contributed by atoms with Crippen molar-refractivity contribution >= 4 is 34.4 Å². The lowest BCUT2D eigenvalue weighted by molar-refractivity contribution is -0.121. The first kappa shape index (κ1) is 27.7. The summed E-state index contributed by atoms with van der Waals surface area (Å²) in [5, 5.41) is 4.71. The van der Waals surface area contributed by atoms with Crippen LogP contribution in [0.2, 0.25) is 0 Å². The second-order valence-electron chi connectivity index (χ2n) is 8.84. The standard InChI is InChI=1S/C24H39N3O4S2/c1-4-5-6-8-11-18(2)25-23(28)17-19-14-15-22(31-3)21(16-19)24(32)27(26-33(29)30)20-12-9-7-10-13-20/h14-16,18,20,26H,4-13,17H2,1-3H3,(H,25,28)(H,29,30). The van der Waals surface area contributed by atoms with Crippen molar-refractivity contribution in [2.45, 2.75) is 96.6 Å². The fourth-order valence-corrected chi connectivity index (χ4v) is 5.15. The molecule has 1 aromatic carbocycles. The number of amides is 1. The summed E-state index contributed by atoms with van der Waals surface area (Å²) in [6.45, 7) is 4.23. The normalized spacial score (nSPS) is 16.1. The van der Waals surface area contributed by atoms with Gasteiger partial charge in [-0.2, -0.15) is 0 Å². The Morgan fingerprint density at radius 2 is 2.00 bits per heavy atom. The number of carbonyl (C=O) groups is 1. The molecule has 0 saturated heterocycles. The van der Waals surface area contributed by atoms with E-state index in [0.29, 0.717) is 16.3 Å². The number of nitrogens with zero attached hydrogens (tertiary/aromatic N) is 1. The van der Waals surface area contributed by atoms with Gasteiger partial charge in [0, 0.05) is 12.1 Å². The molecule has 2 rings (SSSR count). The van der Waals surface area contributed by atoms with E-state index in [2.05, 4.69) is 17.1 Å². The summed E-state index contributed by atoms with van der Waals surface area (Å²) in [5.74, 6) is 0.540. The molecular formula is C24H39N3O4S2. The molecular weight excluding hydrogens is 458 g/mol. The summed E-state index contributed by atoms with van der Waals surface area (Å²) in [6.07, 6.45) is 11.0. The molecule has 1 fully saturated rings. The largest absolute Gasteiger partial charge is 0.496 e. The van der Waals surface area contributed by atoms with Gasteiger partial charge in [-0.3, -0.25) is 14.4 Å². The zero-order valence-electron chi connectivity index (χ0n) is 20.1. The lowest BCUT2D eigenvalue weighted by Crippen LogP contribution is -2.50. The molecule has 0 aromatic heterocycles. The molecule has 0 aliphatic heterocycles.